The van der Waals surface area contributed by atoms with E-state index in [4.69, 9.17) is 4.74 Å². The van der Waals surface area contributed by atoms with Gasteiger partial charge < -0.3 is 20.7 Å². The number of rotatable bonds is 6. The zero-order valence-electron chi connectivity index (χ0n) is 16.5. The lowest BCUT2D eigenvalue weighted by Crippen LogP contribution is -2.39. The van der Waals surface area contributed by atoms with E-state index in [1.54, 1.807) is 30.3 Å². The van der Waals surface area contributed by atoms with E-state index in [-0.39, 0.29) is 24.1 Å². The topological polar surface area (TPSA) is 96.5 Å². The van der Waals surface area contributed by atoms with Crippen molar-refractivity contribution in [3.63, 3.8) is 0 Å². The summed E-state index contributed by atoms with van der Waals surface area (Å²) in [6.07, 6.45) is 4.37. The summed E-state index contributed by atoms with van der Waals surface area (Å²) in [6, 6.07) is 7.09. The first-order chi connectivity index (χ1) is 14.6. The number of carbonyl (C=O) groups excluding carboxylic acids is 3. The van der Waals surface area contributed by atoms with Gasteiger partial charge in [0.1, 0.15) is 10.8 Å². The largest absolute Gasteiger partial charge is 0.478 e. The molecule has 1 aliphatic heterocycles. The minimum absolute atomic E-state index is 0.142. The third-order valence-electron chi connectivity index (χ3n) is 5.14. The molecule has 0 spiro atoms. The second-order valence-corrected chi connectivity index (χ2v) is 8.36. The van der Waals surface area contributed by atoms with Crippen molar-refractivity contribution in [2.45, 2.75) is 38.2 Å². The van der Waals surface area contributed by atoms with Crippen LogP contribution in [-0.4, -0.2) is 30.4 Å². The minimum Gasteiger partial charge on any atom is -0.478 e. The Morgan fingerprint density at radius 3 is 2.90 bits per heavy atom. The number of aryl methyl sites for hydroxylation is 1. The van der Waals surface area contributed by atoms with Gasteiger partial charge in [0.15, 0.2) is 6.10 Å². The summed E-state index contributed by atoms with van der Waals surface area (Å²) in [7, 11) is 0. The maximum atomic E-state index is 12.7. The first-order valence-electron chi connectivity index (χ1n) is 9.97. The number of amides is 3. The number of anilines is 2. The van der Waals surface area contributed by atoms with Crippen molar-refractivity contribution in [2.75, 3.05) is 17.2 Å². The molecule has 2 heterocycles. The van der Waals surface area contributed by atoms with Crippen molar-refractivity contribution in [3.05, 3.63) is 52.9 Å². The lowest BCUT2D eigenvalue weighted by molar-refractivity contribution is -0.128. The standard InChI is InChI=1S/C22H23N3O4S/c1-2-11-23-21(28)19-13-7-3-6-10-17(13)30-22(19)25-18(26)12-16-20(27)24-14-8-4-5-9-15(14)29-16/h2,4-5,8-9,16H,1,3,6-7,10-12H2,(H,23,28)(H,24,27)(H,25,26). The number of carbonyl (C=O) groups is 3. The number of fused-ring (bicyclic) bond motifs is 2. The highest BCUT2D eigenvalue weighted by Gasteiger charge is 2.31. The van der Waals surface area contributed by atoms with Gasteiger partial charge in [0, 0.05) is 11.4 Å². The van der Waals surface area contributed by atoms with Crippen LogP contribution in [0.4, 0.5) is 10.7 Å². The van der Waals surface area contributed by atoms with Crippen LogP contribution in [0.2, 0.25) is 0 Å². The molecule has 30 heavy (non-hydrogen) atoms. The van der Waals surface area contributed by atoms with E-state index in [0.717, 1.165) is 36.1 Å². The zero-order valence-corrected chi connectivity index (χ0v) is 17.3. The van der Waals surface area contributed by atoms with E-state index >= 15 is 0 Å². The maximum absolute atomic E-state index is 12.7. The molecule has 156 valence electrons. The third kappa shape index (κ3) is 4.09. The van der Waals surface area contributed by atoms with E-state index < -0.39 is 6.10 Å². The Labute approximate surface area is 178 Å². The fourth-order valence-corrected chi connectivity index (χ4v) is 5.02. The number of para-hydroxylation sites is 2. The molecule has 7 nitrogen and oxygen atoms in total. The Morgan fingerprint density at radius 2 is 2.07 bits per heavy atom. The zero-order chi connectivity index (χ0) is 21.1. The van der Waals surface area contributed by atoms with Crippen molar-refractivity contribution >= 4 is 39.7 Å². The Kier molecular flexibility index (Phi) is 5.85. The predicted molar refractivity (Wildman–Crippen MR) is 116 cm³/mol. The fourth-order valence-electron chi connectivity index (χ4n) is 3.72. The molecule has 1 aromatic carbocycles. The Morgan fingerprint density at radius 1 is 1.27 bits per heavy atom. The van der Waals surface area contributed by atoms with Gasteiger partial charge in [-0.2, -0.15) is 0 Å². The maximum Gasteiger partial charge on any atom is 0.266 e. The van der Waals surface area contributed by atoms with Crippen LogP contribution in [0.3, 0.4) is 0 Å². The van der Waals surface area contributed by atoms with E-state index in [1.807, 2.05) is 0 Å². The second kappa shape index (κ2) is 8.71. The molecule has 1 atom stereocenters. The molecule has 0 radical (unpaired) electrons. The molecule has 2 aromatic rings. The monoisotopic (exact) mass is 425 g/mol. The molecular weight excluding hydrogens is 402 g/mol. The minimum atomic E-state index is -0.924. The molecule has 8 heteroatoms. The smallest absolute Gasteiger partial charge is 0.266 e. The summed E-state index contributed by atoms with van der Waals surface area (Å²) in [5, 5.41) is 8.95. The van der Waals surface area contributed by atoms with Gasteiger partial charge in [-0.05, 0) is 43.4 Å². The van der Waals surface area contributed by atoms with Crippen LogP contribution >= 0.6 is 11.3 Å². The van der Waals surface area contributed by atoms with Gasteiger partial charge in [-0.15, -0.1) is 17.9 Å². The molecule has 0 saturated heterocycles. The van der Waals surface area contributed by atoms with Crippen LogP contribution < -0.4 is 20.7 Å². The molecule has 1 aliphatic carbocycles. The summed E-state index contributed by atoms with van der Waals surface area (Å²) >= 11 is 1.44. The highest BCUT2D eigenvalue weighted by Crippen LogP contribution is 2.38. The average Bonchev–Trinajstić information content (AvgIpc) is 3.10. The van der Waals surface area contributed by atoms with E-state index in [2.05, 4.69) is 22.5 Å². The summed E-state index contributed by atoms with van der Waals surface area (Å²) in [4.78, 5) is 38.9. The Balaban J connectivity index is 1.50. The van der Waals surface area contributed by atoms with Gasteiger partial charge in [-0.1, -0.05) is 18.2 Å². The molecule has 3 amide bonds. The molecular formula is C22H23N3O4S. The van der Waals surface area contributed by atoms with Crippen LogP contribution in [0.15, 0.2) is 36.9 Å². The van der Waals surface area contributed by atoms with Crippen LogP contribution in [0.5, 0.6) is 5.75 Å². The molecule has 0 saturated carbocycles. The molecule has 1 aromatic heterocycles. The molecule has 1 unspecified atom stereocenters. The van der Waals surface area contributed by atoms with Crippen molar-refractivity contribution in [1.29, 1.82) is 0 Å². The van der Waals surface area contributed by atoms with Crippen molar-refractivity contribution in [2.24, 2.45) is 0 Å². The van der Waals surface area contributed by atoms with Gasteiger partial charge in [0.25, 0.3) is 11.8 Å². The SMILES string of the molecule is C=CCNC(=O)c1c(NC(=O)CC2Oc3ccccc3NC2=O)sc2c1CCCC2. The van der Waals surface area contributed by atoms with Crippen LogP contribution in [0.25, 0.3) is 0 Å². The lowest BCUT2D eigenvalue weighted by atomic mass is 9.95. The second-order valence-electron chi connectivity index (χ2n) is 7.26. The summed E-state index contributed by atoms with van der Waals surface area (Å²) < 4.78 is 5.70. The van der Waals surface area contributed by atoms with E-state index in [1.165, 1.54) is 11.3 Å². The van der Waals surface area contributed by atoms with Crippen LogP contribution in [-0.2, 0) is 22.4 Å². The number of hydrogen-bond acceptors (Lipinski definition) is 5. The van der Waals surface area contributed by atoms with Crippen molar-refractivity contribution in [1.82, 2.24) is 5.32 Å². The van der Waals surface area contributed by atoms with Crippen LogP contribution in [0, 0.1) is 0 Å². The number of benzene rings is 1. The summed E-state index contributed by atoms with van der Waals surface area (Å²) in [5.41, 5.74) is 2.14. The van der Waals surface area contributed by atoms with E-state index in [9.17, 15) is 14.4 Å². The molecule has 2 aliphatic rings. The Bertz CT molecular complexity index is 1010. The fraction of sp³-hybridized carbons (Fsp3) is 0.318. The van der Waals surface area contributed by atoms with Crippen molar-refractivity contribution in [3.8, 4) is 5.75 Å². The van der Waals surface area contributed by atoms with Gasteiger partial charge >= 0.3 is 0 Å². The first-order valence-corrected chi connectivity index (χ1v) is 10.8. The highest BCUT2D eigenvalue weighted by atomic mass is 32.1. The summed E-state index contributed by atoms with van der Waals surface area (Å²) in [6.45, 7) is 3.98. The van der Waals surface area contributed by atoms with Gasteiger partial charge in [-0.25, -0.2) is 0 Å². The molecule has 0 fully saturated rings. The van der Waals surface area contributed by atoms with Crippen molar-refractivity contribution < 1.29 is 19.1 Å². The molecule has 4 rings (SSSR count). The quantitative estimate of drug-likeness (QED) is 0.619. The number of thiophene rings is 1. The van der Waals surface area contributed by atoms with E-state index in [0.29, 0.717) is 28.5 Å². The normalized spacial score (nSPS) is 17.1. The first kappa shape index (κ1) is 20.2. The predicted octanol–water partition coefficient (Wildman–Crippen LogP) is 3.27. The number of nitrogens with one attached hydrogen (secondary N) is 3. The van der Waals surface area contributed by atoms with Gasteiger partial charge in [0.05, 0.1) is 17.7 Å². The average molecular weight is 426 g/mol. The lowest BCUT2D eigenvalue weighted by Gasteiger charge is -2.25. The summed E-state index contributed by atoms with van der Waals surface area (Å²) in [5.74, 6) is -0.416. The van der Waals surface area contributed by atoms with Crippen LogP contribution in [0.1, 0.15) is 40.1 Å². The number of ether oxygens (including phenoxy) is 1. The molecule has 3 N–H and O–H groups in total. The highest BCUT2D eigenvalue weighted by molar-refractivity contribution is 7.17. The third-order valence-corrected chi connectivity index (χ3v) is 6.34. The Hall–Kier alpha value is -3.13. The number of hydrogen-bond donors (Lipinski definition) is 3. The van der Waals surface area contributed by atoms with Gasteiger partial charge in [0.2, 0.25) is 5.91 Å². The van der Waals surface area contributed by atoms with Gasteiger partial charge in [-0.3, -0.25) is 14.4 Å². The molecule has 0 bridgehead atoms.